The van der Waals surface area contributed by atoms with Gasteiger partial charge in [-0.2, -0.15) is 5.26 Å². The fourth-order valence-electron chi connectivity index (χ4n) is 6.66. The number of ether oxygens (including phenoxy) is 3. The Balaban J connectivity index is 1.73. The van der Waals surface area contributed by atoms with Crippen molar-refractivity contribution in [2.24, 2.45) is 17.3 Å². The molecule has 0 N–H and O–H groups in total. The van der Waals surface area contributed by atoms with E-state index in [0.717, 1.165) is 36.3 Å². The van der Waals surface area contributed by atoms with Crippen molar-refractivity contribution in [3.8, 4) is 17.6 Å². The molecule has 3 aliphatic carbocycles. The second-order valence-electron chi connectivity index (χ2n) is 10.5. The summed E-state index contributed by atoms with van der Waals surface area (Å²) in [5, 5.41) is 10.0. The Kier molecular flexibility index (Phi) is 5.10. The zero-order valence-corrected chi connectivity index (χ0v) is 18.7. The monoisotopic (exact) mass is 397 g/mol. The van der Waals surface area contributed by atoms with Crippen molar-refractivity contribution in [1.29, 1.82) is 5.26 Å². The van der Waals surface area contributed by atoms with Crippen molar-refractivity contribution in [2.75, 3.05) is 14.2 Å². The van der Waals surface area contributed by atoms with Crippen LogP contribution in [0, 0.1) is 28.6 Å². The van der Waals surface area contributed by atoms with E-state index in [4.69, 9.17) is 14.2 Å². The minimum Gasteiger partial charge on any atom is -0.497 e. The Morgan fingerprint density at radius 1 is 1.10 bits per heavy atom. The largest absolute Gasteiger partial charge is 0.497 e. The molecular formula is C25H35NO3. The number of nitrogens with zero attached hydrogens (tertiary/aromatic N) is 1. The van der Waals surface area contributed by atoms with Gasteiger partial charge in [0.05, 0.1) is 37.9 Å². The van der Waals surface area contributed by atoms with Crippen LogP contribution in [0.3, 0.4) is 0 Å². The lowest BCUT2D eigenvalue weighted by atomic mass is 9.54. The molecule has 6 atom stereocenters. The van der Waals surface area contributed by atoms with Gasteiger partial charge in [-0.05, 0) is 87.7 Å². The summed E-state index contributed by atoms with van der Waals surface area (Å²) >= 11 is 0. The molecule has 2 saturated carbocycles. The third-order valence-electron chi connectivity index (χ3n) is 7.86. The smallest absolute Gasteiger partial charge is 0.126 e. The van der Waals surface area contributed by atoms with E-state index in [1.165, 1.54) is 18.4 Å². The Morgan fingerprint density at radius 3 is 2.48 bits per heavy atom. The van der Waals surface area contributed by atoms with Gasteiger partial charge in [0, 0.05) is 11.6 Å². The number of fused-ring (bicyclic) bond motifs is 5. The summed E-state index contributed by atoms with van der Waals surface area (Å²) in [7, 11) is 3.41. The number of benzene rings is 1. The number of methoxy groups -OCH3 is 2. The van der Waals surface area contributed by atoms with Gasteiger partial charge in [-0.1, -0.05) is 6.92 Å². The van der Waals surface area contributed by atoms with Crippen molar-refractivity contribution < 1.29 is 14.2 Å². The third kappa shape index (κ3) is 3.32. The maximum Gasteiger partial charge on any atom is 0.126 e. The van der Waals surface area contributed by atoms with Crippen molar-refractivity contribution in [3.05, 3.63) is 23.3 Å². The van der Waals surface area contributed by atoms with E-state index in [1.54, 1.807) is 14.2 Å². The maximum absolute atomic E-state index is 10.0. The first-order chi connectivity index (χ1) is 13.7. The lowest BCUT2D eigenvalue weighted by Gasteiger charge is -2.52. The summed E-state index contributed by atoms with van der Waals surface area (Å²) in [5.74, 6) is 3.14. The summed E-state index contributed by atoms with van der Waals surface area (Å²) in [6, 6.07) is 6.65. The molecule has 3 aliphatic rings. The van der Waals surface area contributed by atoms with E-state index in [2.05, 4.69) is 39.8 Å². The highest BCUT2D eigenvalue weighted by Gasteiger charge is 2.57. The summed E-state index contributed by atoms with van der Waals surface area (Å²) in [4.78, 5) is 0. The van der Waals surface area contributed by atoms with Gasteiger partial charge in [-0.25, -0.2) is 0 Å². The molecule has 0 saturated heterocycles. The van der Waals surface area contributed by atoms with Crippen LogP contribution in [0.1, 0.15) is 82.8 Å². The van der Waals surface area contributed by atoms with Crippen LogP contribution in [0.15, 0.2) is 12.1 Å². The molecule has 2 fully saturated rings. The van der Waals surface area contributed by atoms with Crippen molar-refractivity contribution in [2.45, 2.75) is 83.3 Å². The zero-order chi connectivity index (χ0) is 21.0. The predicted octanol–water partition coefficient (Wildman–Crippen LogP) is 5.81. The fraction of sp³-hybridized carbons (Fsp3) is 0.720. The van der Waals surface area contributed by atoms with Crippen LogP contribution in [-0.2, 0) is 4.74 Å². The van der Waals surface area contributed by atoms with Crippen LogP contribution in [0.2, 0.25) is 0 Å². The number of nitriles is 1. The fourth-order valence-corrected chi connectivity index (χ4v) is 6.66. The molecule has 1 aromatic carbocycles. The minimum atomic E-state index is -0.118. The molecule has 1 unspecified atom stereocenters. The summed E-state index contributed by atoms with van der Waals surface area (Å²) in [5.41, 5.74) is 2.46. The first-order valence-corrected chi connectivity index (χ1v) is 11.0. The van der Waals surface area contributed by atoms with Gasteiger partial charge in [0.2, 0.25) is 0 Å². The highest BCUT2D eigenvalue weighted by molar-refractivity contribution is 5.53. The van der Waals surface area contributed by atoms with Crippen molar-refractivity contribution >= 4 is 0 Å². The van der Waals surface area contributed by atoms with Gasteiger partial charge in [0.15, 0.2) is 0 Å². The first kappa shape index (κ1) is 20.5. The molecule has 0 bridgehead atoms. The summed E-state index contributed by atoms with van der Waals surface area (Å²) in [6.45, 7) is 8.93. The average molecular weight is 398 g/mol. The molecule has 0 spiro atoms. The molecule has 158 valence electrons. The molecule has 1 aromatic rings. The van der Waals surface area contributed by atoms with Gasteiger partial charge in [-0.3, -0.25) is 0 Å². The van der Waals surface area contributed by atoms with Crippen molar-refractivity contribution in [1.82, 2.24) is 0 Å². The SMILES string of the molecule is COc1cc(OC)c2c(c1)C(C#N)C[C@@H]1[C@@H]2CC[C@]2(C)[C@@H](OC(C)(C)C)CC[C@@H]12. The minimum absolute atomic E-state index is 0.0971. The van der Waals surface area contributed by atoms with E-state index in [-0.39, 0.29) is 16.9 Å². The number of hydrogen-bond donors (Lipinski definition) is 0. The highest BCUT2D eigenvalue weighted by atomic mass is 16.5. The van der Waals surface area contributed by atoms with Crippen LogP contribution in [-0.4, -0.2) is 25.9 Å². The number of rotatable bonds is 3. The topological polar surface area (TPSA) is 51.5 Å². The van der Waals surface area contributed by atoms with Crippen LogP contribution < -0.4 is 9.47 Å². The molecule has 0 aromatic heterocycles. The Bertz CT molecular complexity index is 821. The van der Waals surface area contributed by atoms with Gasteiger partial charge in [0.1, 0.15) is 11.5 Å². The summed E-state index contributed by atoms with van der Waals surface area (Å²) < 4.78 is 17.8. The average Bonchev–Trinajstić information content (AvgIpc) is 3.01. The van der Waals surface area contributed by atoms with Crippen LogP contribution in [0.4, 0.5) is 0 Å². The van der Waals surface area contributed by atoms with E-state index >= 15 is 0 Å². The van der Waals surface area contributed by atoms with Crippen LogP contribution in [0.5, 0.6) is 11.5 Å². The lowest BCUT2D eigenvalue weighted by molar-refractivity contribution is -0.125. The van der Waals surface area contributed by atoms with E-state index < -0.39 is 0 Å². The Labute approximate surface area is 175 Å². The molecule has 0 heterocycles. The molecule has 29 heavy (non-hydrogen) atoms. The molecule has 0 amide bonds. The van der Waals surface area contributed by atoms with Gasteiger partial charge >= 0.3 is 0 Å². The van der Waals surface area contributed by atoms with Gasteiger partial charge in [-0.15, -0.1) is 0 Å². The van der Waals surface area contributed by atoms with E-state index in [1.807, 2.05) is 6.07 Å². The number of hydrogen-bond acceptors (Lipinski definition) is 4. The highest BCUT2D eigenvalue weighted by Crippen LogP contribution is 2.64. The third-order valence-corrected chi connectivity index (χ3v) is 7.86. The molecular weight excluding hydrogens is 362 g/mol. The Hall–Kier alpha value is -1.73. The van der Waals surface area contributed by atoms with Crippen LogP contribution >= 0.6 is 0 Å². The van der Waals surface area contributed by atoms with Gasteiger partial charge in [0.25, 0.3) is 0 Å². The standard InChI is InChI=1S/C25H35NO3/c1-24(2,3)29-22-8-7-20-19-11-15(14-26)18-12-16(27-5)13-21(28-6)23(18)17(19)9-10-25(20,22)4/h12-13,15,17,19-20,22H,7-11H2,1-6H3/t15?,17-,19+,20-,22-,25-/m0/s1. The molecule has 0 radical (unpaired) electrons. The maximum atomic E-state index is 10.0. The second kappa shape index (κ2) is 7.20. The quantitative estimate of drug-likeness (QED) is 0.646. The molecule has 0 aliphatic heterocycles. The zero-order valence-electron chi connectivity index (χ0n) is 18.7. The second-order valence-corrected chi connectivity index (χ2v) is 10.5. The van der Waals surface area contributed by atoms with Gasteiger partial charge < -0.3 is 14.2 Å². The van der Waals surface area contributed by atoms with Crippen LogP contribution in [0.25, 0.3) is 0 Å². The normalized spacial score (nSPS) is 35.8. The van der Waals surface area contributed by atoms with Crippen molar-refractivity contribution in [3.63, 3.8) is 0 Å². The predicted molar refractivity (Wildman–Crippen MR) is 113 cm³/mol. The molecule has 4 rings (SSSR count). The lowest BCUT2D eigenvalue weighted by Crippen LogP contribution is -2.46. The molecule has 4 heteroatoms. The molecule has 4 nitrogen and oxygen atoms in total. The Morgan fingerprint density at radius 2 is 1.86 bits per heavy atom. The first-order valence-electron chi connectivity index (χ1n) is 11.0. The van der Waals surface area contributed by atoms with E-state index in [9.17, 15) is 5.26 Å². The summed E-state index contributed by atoms with van der Waals surface area (Å²) in [6.07, 6.45) is 5.89. The van der Waals surface area contributed by atoms with E-state index in [0.29, 0.717) is 23.9 Å².